The molecule has 3 heteroatoms. The summed E-state index contributed by atoms with van der Waals surface area (Å²) in [5.41, 5.74) is 0. The molecule has 0 amide bonds. The van der Waals surface area contributed by atoms with Crippen LogP contribution in [-0.2, 0) is 14.2 Å². The van der Waals surface area contributed by atoms with E-state index in [2.05, 4.69) is 6.58 Å². The van der Waals surface area contributed by atoms with Crippen LogP contribution in [0.15, 0.2) is 12.7 Å². The van der Waals surface area contributed by atoms with Gasteiger partial charge in [-0.15, -0.1) is 6.58 Å². The quantitative estimate of drug-likeness (QED) is 0.362. The Morgan fingerprint density at radius 2 is 1.88 bits per heavy atom. The Morgan fingerprint density at radius 1 is 1.19 bits per heavy atom. The first-order valence-corrected chi connectivity index (χ1v) is 6.35. The highest BCUT2D eigenvalue weighted by Gasteiger charge is 2.36. The minimum absolute atomic E-state index is 0.294. The van der Waals surface area contributed by atoms with Crippen LogP contribution >= 0.6 is 0 Å². The van der Waals surface area contributed by atoms with Crippen molar-refractivity contribution in [3.05, 3.63) is 12.7 Å². The van der Waals surface area contributed by atoms with Gasteiger partial charge in [0, 0.05) is 12.8 Å². The van der Waals surface area contributed by atoms with Gasteiger partial charge in [0.2, 0.25) is 0 Å². The van der Waals surface area contributed by atoms with Crippen molar-refractivity contribution in [1.82, 2.24) is 0 Å². The summed E-state index contributed by atoms with van der Waals surface area (Å²) in [6, 6.07) is 0. The SMILES string of the molecule is C=CCCCC1(CCC[C@H]2CO2)OCCO1. The van der Waals surface area contributed by atoms with E-state index in [-0.39, 0.29) is 5.79 Å². The maximum absolute atomic E-state index is 5.79. The van der Waals surface area contributed by atoms with Gasteiger partial charge in [-0.3, -0.25) is 0 Å². The number of allylic oxidation sites excluding steroid dienone is 1. The zero-order chi connectivity index (χ0) is 11.3. The van der Waals surface area contributed by atoms with Crippen LogP contribution in [0.5, 0.6) is 0 Å². The molecule has 0 aliphatic carbocycles. The van der Waals surface area contributed by atoms with E-state index in [9.17, 15) is 0 Å². The van der Waals surface area contributed by atoms with Crippen molar-refractivity contribution in [3.8, 4) is 0 Å². The van der Waals surface area contributed by atoms with Crippen LogP contribution in [0.2, 0.25) is 0 Å². The van der Waals surface area contributed by atoms with Gasteiger partial charge in [0.15, 0.2) is 5.79 Å². The van der Waals surface area contributed by atoms with Gasteiger partial charge in [-0.25, -0.2) is 0 Å². The lowest BCUT2D eigenvalue weighted by Gasteiger charge is -2.27. The molecule has 92 valence electrons. The van der Waals surface area contributed by atoms with Gasteiger partial charge in [-0.1, -0.05) is 6.08 Å². The van der Waals surface area contributed by atoms with Gasteiger partial charge in [0.25, 0.3) is 0 Å². The molecule has 3 nitrogen and oxygen atoms in total. The third-order valence-corrected chi connectivity index (χ3v) is 3.27. The second-order valence-corrected chi connectivity index (χ2v) is 4.64. The summed E-state index contributed by atoms with van der Waals surface area (Å²) in [5.74, 6) is -0.294. The molecule has 0 saturated carbocycles. The summed E-state index contributed by atoms with van der Waals surface area (Å²) in [4.78, 5) is 0. The summed E-state index contributed by atoms with van der Waals surface area (Å²) < 4.78 is 16.8. The molecule has 16 heavy (non-hydrogen) atoms. The monoisotopic (exact) mass is 226 g/mol. The Bertz CT molecular complexity index is 217. The maximum Gasteiger partial charge on any atom is 0.168 e. The summed E-state index contributed by atoms with van der Waals surface area (Å²) in [6.45, 7) is 6.18. The van der Waals surface area contributed by atoms with Crippen LogP contribution in [0.25, 0.3) is 0 Å². The van der Waals surface area contributed by atoms with Crippen LogP contribution in [0.4, 0.5) is 0 Å². The second kappa shape index (κ2) is 5.80. The van der Waals surface area contributed by atoms with Crippen molar-refractivity contribution in [3.63, 3.8) is 0 Å². The van der Waals surface area contributed by atoms with Crippen LogP contribution < -0.4 is 0 Å². The third kappa shape index (κ3) is 3.58. The molecule has 2 rings (SSSR count). The molecule has 0 aromatic heterocycles. The van der Waals surface area contributed by atoms with Crippen molar-refractivity contribution >= 4 is 0 Å². The number of hydrogen-bond acceptors (Lipinski definition) is 3. The molecule has 0 unspecified atom stereocenters. The average Bonchev–Trinajstić information content (AvgIpc) is 2.99. The van der Waals surface area contributed by atoms with Crippen LogP contribution in [0, 0.1) is 0 Å². The van der Waals surface area contributed by atoms with E-state index in [1.54, 1.807) is 0 Å². The molecule has 2 fully saturated rings. The highest BCUT2D eigenvalue weighted by atomic mass is 16.7. The van der Waals surface area contributed by atoms with Gasteiger partial charge in [-0.2, -0.15) is 0 Å². The fourth-order valence-electron chi connectivity index (χ4n) is 2.26. The molecule has 0 radical (unpaired) electrons. The number of hydrogen-bond donors (Lipinski definition) is 0. The molecule has 0 bridgehead atoms. The predicted octanol–water partition coefficient (Wildman–Crippen LogP) is 2.65. The smallest absolute Gasteiger partial charge is 0.168 e. The summed E-state index contributed by atoms with van der Waals surface area (Å²) in [7, 11) is 0. The standard InChI is InChI=1S/C13H22O3/c1-2-3-4-7-13(15-9-10-16-13)8-5-6-12-11-14-12/h2,12H,1,3-11H2/t12-/m0/s1. The summed E-state index contributed by atoms with van der Waals surface area (Å²) in [6.07, 6.45) is 8.90. The van der Waals surface area contributed by atoms with Gasteiger partial charge in [0.05, 0.1) is 25.9 Å². The zero-order valence-electron chi connectivity index (χ0n) is 9.95. The first-order valence-electron chi connectivity index (χ1n) is 6.35. The molecule has 2 aliphatic rings. The maximum atomic E-state index is 5.79. The predicted molar refractivity (Wildman–Crippen MR) is 62.3 cm³/mol. The van der Waals surface area contributed by atoms with E-state index in [1.807, 2.05) is 6.08 Å². The molecule has 2 saturated heterocycles. The number of epoxide rings is 1. The fourth-order valence-corrected chi connectivity index (χ4v) is 2.26. The van der Waals surface area contributed by atoms with E-state index >= 15 is 0 Å². The number of rotatable bonds is 8. The Kier molecular flexibility index (Phi) is 4.38. The van der Waals surface area contributed by atoms with Crippen LogP contribution in [0.1, 0.15) is 38.5 Å². The van der Waals surface area contributed by atoms with Crippen molar-refractivity contribution < 1.29 is 14.2 Å². The molecule has 0 aromatic carbocycles. The minimum Gasteiger partial charge on any atom is -0.373 e. The van der Waals surface area contributed by atoms with Crippen molar-refractivity contribution in [1.29, 1.82) is 0 Å². The lowest BCUT2D eigenvalue weighted by atomic mass is 10.0. The van der Waals surface area contributed by atoms with Crippen molar-refractivity contribution in [2.75, 3.05) is 19.8 Å². The van der Waals surface area contributed by atoms with Gasteiger partial charge in [-0.05, 0) is 25.7 Å². The molecule has 2 aliphatic heterocycles. The molecule has 2 heterocycles. The van der Waals surface area contributed by atoms with E-state index in [0.717, 1.165) is 58.3 Å². The minimum atomic E-state index is -0.294. The van der Waals surface area contributed by atoms with Crippen LogP contribution in [-0.4, -0.2) is 31.7 Å². The van der Waals surface area contributed by atoms with Gasteiger partial charge in [0.1, 0.15) is 0 Å². The summed E-state index contributed by atoms with van der Waals surface area (Å²) in [5, 5.41) is 0. The Morgan fingerprint density at radius 3 is 2.50 bits per heavy atom. The highest BCUT2D eigenvalue weighted by Crippen LogP contribution is 2.32. The van der Waals surface area contributed by atoms with E-state index in [0.29, 0.717) is 6.10 Å². The fraction of sp³-hybridized carbons (Fsp3) is 0.846. The Balaban J connectivity index is 1.70. The van der Waals surface area contributed by atoms with E-state index in [1.165, 1.54) is 0 Å². The highest BCUT2D eigenvalue weighted by molar-refractivity contribution is 4.78. The zero-order valence-corrected chi connectivity index (χ0v) is 9.95. The van der Waals surface area contributed by atoms with E-state index < -0.39 is 0 Å². The molecular weight excluding hydrogens is 204 g/mol. The lowest BCUT2D eigenvalue weighted by Crippen LogP contribution is -2.30. The van der Waals surface area contributed by atoms with Crippen LogP contribution in [0.3, 0.4) is 0 Å². The van der Waals surface area contributed by atoms with Gasteiger partial charge < -0.3 is 14.2 Å². The normalized spacial score (nSPS) is 26.9. The molecule has 1 atom stereocenters. The Hall–Kier alpha value is -0.380. The molecule has 0 spiro atoms. The first-order chi connectivity index (χ1) is 7.85. The second-order valence-electron chi connectivity index (χ2n) is 4.64. The molecule has 0 aromatic rings. The van der Waals surface area contributed by atoms with Crippen molar-refractivity contribution in [2.45, 2.75) is 50.4 Å². The first kappa shape index (κ1) is 12.1. The number of unbranched alkanes of at least 4 members (excludes halogenated alkanes) is 1. The average molecular weight is 226 g/mol. The largest absolute Gasteiger partial charge is 0.373 e. The third-order valence-electron chi connectivity index (χ3n) is 3.27. The summed E-state index contributed by atoms with van der Waals surface area (Å²) >= 11 is 0. The lowest BCUT2D eigenvalue weighted by molar-refractivity contribution is -0.168. The van der Waals surface area contributed by atoms with Gasteiger partial charge >= 0.3 is 0 Å². The topological polar surface area (TPSA) is 31.0 Å². The Labute approximate surface area is 97.8 Å². The number of ether oxygens (including phenoxy) is 3. The van der Waals surface area contributed by atoms with E-state index in [4.69, 9.17) is 14.2 Å². The molecule has 0 N–H and O–H groups in total. The van der Waals surface area contributed by atoms with Crippen molar-refractivity contribution in [2.24, 2.45) is 0 Å². The molecular formula is C13H22O3.